The van der Waals surface area contributed by atoms with Gasteiger partial charge in [-0.2, -0.15) is 0 Å². The van der Waals surface area contributed by atoms with Crippen LogP contribution in [0.4, 0.5) is 11.4 Å². The van der Waals surface area contributed by atoms with Gasteiger partial charge >= 0.3 is 0 Å². The van der Waals surface area contributed by atoms with E-state index in [2.05, 4.69) is 26.0 Å². The molecule has 1 amide bonds. The summed E-state index contributed by atoms with van der Waals surface area (Å²) >= 11 is 3.33. The average molecular weight is 489 g/mol. The van der Waals surface area contributed by atoms with Gasteiger partial charge in [0.25, 0.3) is 15.9 Å². The number of methoxy groups -OCH3 is 1. The Bertz CT molecular complexity index is 1180. The van der Waals surface area contributed by atoms with Crippen LogP contribution in [0.15, 0.2) is 76.1 Å². The summed E-state index contributed by atoms with van der Waals surface area (Å²) in [6, 6.07) is 18.3. The molecule has 0 fully saturated rings. The highest BCUT2D eigenvalue weighted by atomic mass is 79.9. The van der Waals surface area contributed by atoms with Gasteiger partial charge in [0.1, 0.15) is 5.75 Å². The number of sulfonamides is 1. The lowest BCUT2D eigenvalue weighted by Gasteiger charge is -2.12. The van der Waals surface area contributed by atoms with Crippen molar-refractivity contribution < 1.29 is 17.9 Å². The molecule has 156 valence electrons. The van der Waals surface area contributed by atoms with Crippen LogP contribution in [0, 0.1) is 0 Å². The first-order valence-electron chi connectivity index (χ1n) is 9.19. The fraction of sp³-hybridized carbons (Fsp3) is 0.136. The van der Waals surface area contributed by atoms with Gasteiger partial charge in [0.05, 0.1) is 22.2 Å². The topological polar surface area (TPSA) is 84.5 Å². The minimum absolute atomic E-state index is 0.00846. The van der Waals surface area contributed by atoms with Crippen molar-refractivity contribution >= 4 is 43.2 Å². The molecule has 0 saturated heterocycles. The van der Waals surface area contributed by atoms with Gasteiger partial charge in [0.2, 0.25) is 0 Å². The number of nitrogens with one attached hydrogen (secondary N) is 2. The van der Waals surface area contributed by atoms with Crippen molar-refractivity contribution in [2.24, 2.45) is 0 Å². The van der Waals surface area contributed by atoms with Gasteiger partial charge in [-0.1, -0.05) is 31.2 Å². The maximum Gasteiger partial charge on any atom is 0.261 e. The van der Waals surface area contributed by atoms with E-state index in [0.717, 1.165) is 12.0 Å². The van der Waals surface area contributed by atoms with Crippen LogP contribution in [0.3, 0.4) is 0 Å². The molecule has 30 heavy (non-hydrogen) atoms. The highest BCUT2D eigenvalue weighted by molar-refractivity contribution is 9.10. The molecule has 0 aliphatic carbocycles. The fourth-order valence-corrected chi connectivity index (χ4v) is 4.53. The number of hydrogen-bond acceptors (Lipinski definition) is 4. The van der Waals surface area contributed by atoms with Gasteiger partial charge in [0, 0.05) is 11.3 Å². The zero-order valence-corrected chi connectivity index (χ0v) is 18.9. The Hall–Kier alpha value is -2.84. The number of hydrogen-bond donors (Lipinski definition) is 2. The summed E-state index contributed by atoms with van der Waals surface area (Å²) in [5, 5.41) is 2.85. The van der Waals surface area contributed by atoms with E-state index in [9.17, 15) is 13.2 Å². The van der Waals surface area contributed by atoms with E-state index in [1.807, 2.05) is 31.2 Å². The quantitative estimate of drug-likeness (QED) is 0.485. The Labute approximate surface area is 184 Å². The van der Waals surface area contributed by atoms with Gasteiger partial charge in [-0.3, -0.25) is 9.52 Å². The number of aryl methyl sites for hydroxylation is 1. The van der Waals surface area contributed by atoms with E-state index in [1.165, 1.54) is 19.2 Å². The monoisotopic (exact) mass is 488 g/mol. The van der Waals surface area contributed by atoms with Crippen LogP contribution < -0.4 is 14.8 Å². The Morgan fingerprint density at radius 3 is 2.50 bits per heavy atom. The third kappa shape index (κ3) is 5.01. The van der Waals surface area contributed by atoms with Crippen LogP contribution in [0.5, 0.6) is 5.75 Å². The highest BCUT2D eigenvalue weighted by Gasteiger charge is 2.18. The Balaban J connectivity index is 1.83. The molecule has 0 aromatic heterocycles. The second kappa shape index (κ2) is 9.32. The average Bonchev–Trinajstić information content (AvgIpc) is 2.74. The highest BCUT2D eigenvalue weighted by Crippen LogP contribution is 2.29. The molecule has 0 atom stereocenters. The molecule has 0 bridgehead atoms. The van der Waals surface area contributed by atoms with Gasteiger partial charge < -0.3 is 10.1 Å². The first-order valence-corrected chi connectivity index (χ1v) is 11.5. The number of benzene rings is 3. The molecule has 3 aromatic rings. The summed E-state index contributed by atoms with van der Waals surface area (Å²) in [6.07, 6.45) is 0.770. The molecule has 0 aliphatic heterocycles. The fourth-order valence-electron chi connectivity index (χ4n) is 2.89. The maximum absolute atomic E-state index is 12.8. The van der Waals surface area contributed by atoms with Crippen molar-refractivity contribution in [1.29, 1.82) is 0 Å². The van der Waals surface area contributed by atoms with Crippen molar-refractivity contribution in [3.63, 3.8) is 0 Å². The molecule has 0 spiro atoms. The van der Waals surface area contributed by atoms with Gasteiger partial charge in [-0.05, 0) is 70.4 Å². The van der Waals surface area contributed by atoms with Crippen LogP contribution in [0.2, 0.25) is 0 Å². The van der Waals surface area contributed by atoms with Crippen LogP contribution in [0.25, 0.3) is 0 Å². The smallest absolute Gasteiger partial charge is 0.261 e. The van der Waals surface area contributed by atoms with Crippen LogP contribution >= 0.6 is 15.9 Å². The van der Waals surface area contributed by atoms with Crippen LogP contribution in [-0.2, 0) is 16.4 Å². The lowest BCUT2D eigenvalue weighted by molar-refractivity contribution is 0.102. The normalized spacial score (nSPS) is 11.0. The van der Waals surface area contributed by atoms with E-state index in [0.29, 0.717) is 21.6 Å². The van der Waals surface area contributed by atoms with Crippen molar-refractivity contribution in [3.05, 3.63) is 82.3 Å². The van der Waals surface area contributed by atoms with Crippen molar-refractivity contribution in [2.75, 3.05) is 17.1 Å². The first kappa shape index (κ1) is 21.9. The van der Waals surface area contributed by atoms with Gasteiger partial charge in [-0.15, -0.1) is 0 Å². The molecule has 2 N–H and O–H groups in total. The van der Waals surface area contributed by atoms with E-state index < -0.39 is 10.0 Å². The Morgan fingerprint density at radius 2 is 1.80 bits per heavy atom. The third-order valence-corrected chi connectivity index (χ3v) is 6.46. The molecule has 0 saturated carbocycles. The number of ether oxygens (including phenoxy) is 1. The number of para-hydroxylation sites is 1. The second-order valence-electron chi connectivity index (χ2n) is 6.45. The predicted octanol–water partition coefficient (Wildman–Crippen LogP) is 5.07. The number of rotatable bonds is 7. The summed E-state index contributed by atoms with van der Waals surface area (Å²) in [7, 11) is -2.36. The number of amides is 1. The van der Waals surface area contributed by atoms with Crippen LogP contribution in [-0.4, -0.2) is 21.4 Å². The molecule has 0 heterocycles. The molecule has 0 unspecified atom stereocenters. The summed E-state index contributed by atoms with van der Waals surface area (Å²) in [6.45, 7) is 2.00. The summed E-state index contributed by atoms with van der Waals surface area (Å²) in [5.41, 5.74) is 2.33. The van der Waals surface area contributed by atoms with Crippen molar-refractivity contribution in [2.45, 2.75) is 18.2 Å². The Morgan fingerprint density at radius 1 is 1.03 bits per heavy atom. The minimum Gasteiger partial charge on any atom is -0.496 e. The SMILES string of the molecule is CCc1ccccc1NC(=O)c1cccc(S(=O)(=O)Nc2ccc(OC)c(Br)c2)c1. The van der Waals surface area contributed by atoms with Gasteiger partial charge in [-0.25, -0.2) is 8.42 Å². The van der Waals surface area contributed by atoms with Crippen molar-refractivity contribution in [3.8, 4) is 5.75 Å². The largest absolute Gasteiger partial charge is 0.496 e. The maximum atomic E-state index is 12.8. The summed E-state index contributed by atoms with van der Waals surface area (Å²) in [4.78, 5) is 12.7. The molecular formula is C22H21BrN2O4S. The standard InChI is InChI=1S/C22H21BrN2O4S/c1-3-15-7-4-5-10-20(15)24-22(26)16-8-6-9-18(13-16)30(27,28)25-17-11-12-21(29-2)19(23)14-17/h4-14,25H,3H2,1-2H3,(H,24,26). The summed E-state index contributed by atoms with van der Waals surface area (Å²) in [5.74, 6) is 0.212. The second-order valence-corrected chi connectivity index (χ2v) is 8.98. The first-order chi connectivity index (χ1) is 14.3. The zero-order chi connectivity index (χ0) is 21.7. The Kier molecular flexibility index (Phi) is 6.79. The third-order valence-electron chi connectivity index (χ3n) is 4.46. The van der Waals surface area contributed by atoms with E-state index in [-0.39, 0.29) is 16.4 Å². The molecule has 3 rings (SSSR count). The lowest BCUT2D eigenvalue weighted by atomic mass is 10.1. The molecular weight excluding hydrogens is 468 g/mol. The van der Waals surface area contributed by atoms with Crippen LogP contribution in [0.1, 0.15) is 22.8 Å². The number of anilines is 2. The molecule has 6 nitrogen and oxygen atoms in total. The van der Waals surface area contributed by atoms with E-state index >= 15 is 0 Å². The molecule has 8 heteroatoms. The van der Waals surface area contributed by atoms with E-state index in [1.54, 1.807) is 30.3 Å². The van der Waals surface area contributed by atoms with Gasteiger partial charge in [0.15, 0.2) is 0 Å². The van der Waals surface area contributed by atoms with Crippen molar-refractivity contribution in [1.82, 2.24) is 0 Å². The summed E-state index contributed by atoms with van der Waals surface area (Å²) < 4.78 is 33.9. The molecule has 3 aromatic carbocycles. The zero-order valence-electron chi connectivity index (χ0n) is 16.5. The number of carbonyl (C=O) groups excluding carboxylic acids is 1. The lowest BCUT2D eigenvalue weighted by Crippen LogP contribution is -2.16. The molecule has 0 radical (unpaired) electrons. The molecule has 0 aliphatic rings. The van der Waals surface area contributed by atoms with E-state index in [4.69, 9.17) is 4.74 Å². The minimum atomic E-state index is -3.88. The number of carbonyl (C=O) groups is 1. The predicted molar refractivity (Wildman–Crippen MR) is 122 cm³/mol. The number of halogens is 1.